The van der Waals surface area contributed by atoms with Crippen LogP contribution in [0.5, 0.6) is 5.75 Å². The number of ether oxygens (including phenoxy) is 1. The van der Waals surface area contributed by atoms with Crippen LogP contribution in [0.1, 0.15) is 5.56 Å². The van der Waals surface area contributed by atoms with Gasteiger partial charge in [0.25, 0.3) is 5.91 Å². The van der Waals surface area contributed by atoms with E-state index < -0.39 is 5.97 Å². The average molecular weight is 236 g/mol. The van der Waals surface area contributed by atoms with Crippen molar-refractivity contribution in [3.05, 3.63) is 23.8 Å². The van der Waals surface area contributed by atoms with E-state index in [2.05, 4.69) is 10.6 Å². The number of carbonyl (C=O) groups is 2. The fraction of sp³-hybridized carbons (Fsp3) is 0.273. The van der Waals surface area contributed by atoms with Crippen molar-refractivity contribution in [2.24, 2.45) is 0 Å². The molecule has 0 spiro atoms. The minimum Gasteiger partial charge on any atom is -0.481 e. The van der Waals surface area contributed by atoms with Crippen LogP contribution in [0.3, 0.4) is 0 Å². The number of nitrogens with one attached hydrogen (secondary N) is 2. The van der Waals surface area contributed by atoms with Gasteiger partial charge in [0.1, 0.15) is 12.3 Å². The zero-order valence-electron chi connectivity index (χ0n) is 9.03. The number of rotatable bonds is 3. The Morgan fingerprint density at radius 3 is 3.12 bits per heavy atom. The Hall–Kier alpha value is -2.24. The van der Waals surface area contributed by atoms with E-state index >= 15 is 0 Å². The van der Waals surface area contributed by atoms with Gasteiger partial charge in [0, 0.05) is 12.1 Å². The monoisotopic (exact) mass is 236 g/mol. The second kappa shape index (κ2) is 4.73. The molecular formula is C11H12N2O4. The summed E-state index contributed by atoms with van der Waals surface area (Å²) in [6, 6.07) is 5.33. The van der Waals surface area contributed by atoms with Crippen molar-refractivity contribution in [2.75, 3.05) is 18.5 Å². The van der Waals surface area contributed by atoms with Crippen LogP contribution in [0.2, 0.25) is 0 Å². The number of fused-ring (bicyclic) bond motifs is 1. The van der Waals surface area contributed by atoms with Crippen molar-refractivity contribution in [3.8, 4) is 5.75 Å². The first-order valence-electron chi connectivity index (χ1n) is 5.14. The number of carboxylic acids is 1. The van der Waals surface area contributed by atoms with E-state index in [-0.39, 0.29) is 19.1 Å². The first kappa shape index (κ1) is 11.3. The lowest BCUT2D eigenvalue weighted by molar-refractivity contribution is -0.135. The molecule has 6 heteroatoms. The zero-order chi connectivity index (χ0) is 12.3. The summed E-state index contributed by atoms with van der Waals surface area (Å²) in [6.07, 6.45) is 0. The predicted molar refractivity (Wildman–Crippen MR) is 59.9 cm³/mol. The van der Waals surface area contributed by atoms with Gasteiger partial charge in [-0.25, -0.2) is 0 Å². The van der Waals surface area contributed by atoms with Crippen LogP contribution in [0.15, 0.2) is 18.2 Å². The summed E-state index contributed by atoms with van der Waals surface area (Å²) in [6.45, 7) is 0.136. The predicted octanol–water partition coefficient (Wildman–Crippen LogP) is 0.192. The normalized spacial score (nSPS) is 14.0. The van der Waals surface area contributed by atoms with Crippen LogP contribution < -0.4 is 15.4 Å². The molecule has 0 saturated carbocycles. The molecule has 0 saturated heterocycles. The van der Waals surface area contributed by atoms with Gasteiger partial charge >= 0.3 is 5.97 Å². The second-order valence-corrected chi connectivity index (χ2v) is 3.61. The van der Waals surface area contributed by atoms with Gasteiger partial charge in [0.2, 0.25) is 0 Å². The van der Waals surface area contributed by atoms with Crippen LogP contribution in [-0.4, -0.2) is 30.1 Å². The van der Waals surface area contributed by atoms with Gasteiger partial charge in [-0.3, -0.25) is 9.59 Å². The fourth-order valence-corrected chi connectivity index (χ4v) is 1.59. The molecule has 1 aromatic rings. The van der Waals surface area contributed by atoms with Crippen LogP contribution in [0.25, 0.3) is 0 Å². The maximum Gasteiger partial charge on any atom is 0.322 e. The van der Waals surface area contributed by atoms with E-state index in [1.54, 1.807) is 12.1 Å². The highest BCUT2D eigenvalue weighted by molar-refractivity contribution is 5.79. The zero-order valence-corrected chi connectivity index (χ0v) is 9.03. The Balaban J connectivity index is 2.23. The molecule has 1 heterocycles. The highest BCUT2D eigenvalue weighted by Crippen LogP contribution is 2.29. The summed E-state index contributed by atoms with van der Waals surface area (Å²) in [5.74, 6) is -0.608. The van der Waals surface area contributed by atoms with E-state index in [1.165, 1.54) is 0 Å². The van der Waals surface area contributed by atoms with Crippen molar-refractivity contribution >= 4 is 17.6 Å². The molecule has 0 unspecified atom stereocenters. The molecule has 0 radical (unpaired) electrons. The third-order valence-electron chi connectivity index (χ3n) is 2.35. The molecule has 3 N–H and O–H groups in total. The summed E-state index contributed by atoms with van der Waals surface area (Å²) in [5.41, 5.74) is 1.41. The lowest BCUT2D eigenvalue weighted by Crippen LogP contribution is -2.25. The average Bonchev–Trinajstić information content (AvgIpc) is 2.49. The van der Waals surface area contributed by atoms with Gasteiger partial charge in [0.15, 0.2) is 6.61 Å². The van der Waals surface area contributed by atoms with E-state index in [9.17, 15) is 9.59 Å². The van der Waals surface area contributed by atoms with Crippen molar-refractivity contribution in [1.82, 2.24) is 5.32 Å². The van der Waals surface area contributed by atoms with Gasteiger partial charge in [-0.2, -0.15) is 0 Å². The molecule has 0 aromatic heterocycles. The first-order chi connectivity index (χ1) is 8.16. The minimum atomic E-state index is -0.953. The topological polar surface area (TPSA) is 87.7 Å². The summed E-state index contributed by atoms with van der Waals surface area (Å²) in [4.78, 5) is 21.7. The van der Waals surface area contributed by atoms with E-state index in [1.807, 2.05) is 6.07 Å². The first-order valence-corrected chi connectivity index (χ1v) is 5.14. The molecule has 0 fully saturated rings. The number of hydrogen-bond donors (Lipinski definition) is 3. The van der Waals surface area contributed by atoms with Crippen molar-refractivity contribution in [1.29, 1.82) is 0 Å². The van der Waals surface area contributed by atoms with Crippen LogP contribution in [0.4, 0.5) is 5.69 Å². The molecule has 17 heavy (non-hydrogen) atoms. The van der Waals surface area contributed by atoms with Crippen molar-refractivity contribution in [2.45, 2.75) is 6.54 Å². The van der Waals surface area contributed by atoms with Gasteiger partial charge in [-0.15, -0.1) is 0 Å². The van der Waals surface area contributed by atoms with Crippen LogP contribution >= 0.6 is 0 Å². The molecule has 0 atom stereocenters. The Bertz CT molecular complexity index is 459. The van der Waals surface area contributed by atoms with Gasteiger partial charge in [-0.05, 0) is 6.07 Å². The molecule has 0 aliphatic carbocycles. The number of carboxylic acid groups (broad SMARTS) is 1. The molecule has 1 aromatic carbocycles. The van der Waals surface area contributed by atoms with Crippen molar-refractivity contribution in [3.63, 3.8) is 0 Å². The molecule has 90 valence electrons. The highest BCUT2D eigenvalue weighted by Gasteiger charge is 2.16. The molecule has 1 amide bonds. The molecule has 6 nitrogen and oxygen atoms in total. The Labute approximate surface area is 97.6 Å². The van der Waals surface area contributed by atoms with Crippen LogP contribution in [-0.2, 0) is 16.1 Å². The maximum atomic E-state index is 11.2. The SMILES string of the molecule is O=C(O)CNc1cccc2c1OCC(=O)NC2. The number of benzene rings is 1. The summed E-state index contributed by atoms with van der Waals surface area (Å²) < 4.78 is 5.36. The Morgan fingerprint density at radius 1 is 1.53 bits per heavy atom. The lowest BCUT2D eigenvalue weighted by atomic mass is 10.1. The molecule has 1 aliphatic rings. The largest absolute Gasteiger partial charge is 0.481 e. The molecule has 1 aliphatic heterocycles. The number of carbonyl (C=O) groups excluding carboxylic acids is 1. The maximum absolute atomic E-state index is 11.2. The quantitative estimate of drug-likeness (QED) is 0.697. The van der Waals surface area contributed by atoms with Crippen LogP contribution in [0, 0.1) is 0 Å². The number of para-hydroxylation sites is 1. The number of amides is 1. The third kappa shape index (κ3) is 2.66. The standard InChI is InChI=1S/C11H12N2O4/c14-9-6-17-11-7(4-13-9)2-1-3-8(11)12-5-10(15)16/h1-3,12H,4-6H2,(H,13,14)(H,15,16). The van der Waals surface area contributed by atoms with E-state index in [0.29, 0.717) is 18.0 Å². The smallest absolute Gasteiger partial charge is 0.322 e. The van der Waals surface area contributed by atoms with Crippen molar-refractivity contribution < 1.29 is 19.4 Å². The fourth-order valence-electron chi connectivity index (χ4n) is 1.59. The minimum absolute atomic E-state index is 0.0568. The number of anilines is 1. The highest BCUT2D eigenvalue weighted by atomic mass is 16.5. The molecular weight excluding hydrogens is 224 g/mol. The molecule has 0 bridgehead atoms. The Kier molecular flexibility index (Phi) is 3.13. The second-order valence-electron chi connectivity index (χ2n) is 3.61. The number of aliphatic carboxylic acids is 1. The van der Waals surface area contributed by atoms with E-state index in [0.717, 1.165) is 5.56 Å². The molecule has 2 rings (SSSR count). The van der Waals surface area contributed by atoms with Gasteiger partial charge in [0.05, 0.1) is 5.69 Å². The van der Waals surface area contributed by atoms with Gasteiger partial charge in [-0.1, -0.05) is 12.1 Å². The summed E-state index contributed by atoms with van der Waals surface area (Å²) in [5, 5.41) is 14.0. The van der Waals surface area contributed by atoms with Gasteiger partial charge < -0.3 is 20.5 Å². The summed E-state index contributed by atoms with van der Waals surface area (Å²) in [7, 11) is 0. The summed E-state index contributed by atoms with van der Waals surface area (Å²) >= 11 is 0. The number of hydrogen-bond acceptors (Lipinski definition) is 4. The third-order valence-corrected chi connectivity index (χ3v) is 2.35. The Morgan fingerprint density at radius 2 is 2.35 bits per heavy atom. The van der Waals surface area contributed by atoms with E-state index in [4.69, 9.17) is 9.84 Å². The lowest BCUT2D eigenvalue weighted by Gasteiger charge is -2.12.